The number of hydrogen-bond acceptors (Lipinski definition) is 4. The molecule has 0 spiro atoms. The van der Waals surface area contributed by atoms with Crippen molar-refractivity contribution in [1.82, 2.24) is 4.90 Å². The molecule has 0 aromatic rings. The molecule has 6 nitrogen and oxygen atoms in total. The fraction of sp³-hybridized carbons (Fsp3) is 0.824. The third-order valence-electron chi connectivity index (χ3n) is 4.79. The molecular weight excluding hydrogens is 298 g/mol. The van der Waals surface area contributed by atoms with E-state index in [1.165, 1.54) is 0 Å². The van der Waals surface area contributed by atoms with E-state index in [1.807, 2.05) is 0 Å². The molecule has 2 fully saturated rings. The molecule has 1 N–H and O–H groups in total. The first-order valence-corrected chi connectivity index (χ1v) is 8.11. The highest BCUT2D eigenvalue weighted by atomic mass is 16.6. The highest BCUT2D eigenvalue weighted by Gasteiger charge is 2.59. The maximum atomic E-state index is 12.6. The van der Waals surface area contributed by atoms with Crippen molar-refractivity contribution in [2.45, 2.75) is 71.9 Å². The number of hydrogen-bond donors (Lipinski definition) is 1. The van der Waals surface area contributed by atoms with Crippen LogP contribution in [0.5, 0.6) is 0 Å². The number of rotatable bonds is 2. The van der Waals surface area contributed by atoms with Gasteiger partial charge in [-0.2, -0.15) is 0 Å². The van der Waals surface area contributed by atoms with Gasteiger partial charge >= 0.3 is 12.1 Å². The van der Waals surface area contributed by atoms with E-state index in [0.717, 1.165) is 6.42 Å². The van der Waals surface area contributed by atoms with Crippen LogP contribution in [0.25, 0.3) is 0 Å². The van der Waals surface area contributed by atoms with Crippen LogP contribution in [0.3, 0.4) is 0 Å². The van der Waals surface area contributed by atoms with E-state index in [2.05, 4.69) is 13.8 Å². The quantitative estimate of drug-likeness (QED) is 0.844. The maximum Gasteiger partial charge on any atom is 0.410 e. The Hall–Kier alpha value is -1.59. The van der Waals surface area contributed by atoms with E-state index in [0.29, 0.717) is 13.0 Å². The molecule has 0 aromatic carbocycles. The van der Waals surface area contributed by atoms with E-state index < -0.39 is 29.1 Å². The first kappa shape index (κ1) is 17.8. The summed E-state index contributed by atoms with van der Waals surface area (Å²) in [5, 5.41) is 9.69. The van der Waals surface area contributed by atoms with Gasteiger partial charge in [0.1, 0.15) is 16.8 Å². The van der Waals surface area contributed by atoms with Crippen molar-refractivity contribution < 1.29 is 24.2 Å². The predicted molar refractivity (Wildman–Crippen MR) is 84.1 cm³/mol. The molecule has 0 radical (unpaired) electrons. The third-order valence-corrected chi connectivity index (χ3v) is 4.79. The topological polar surface area (TPSA) is 83.9 Å². The van der Waals surface area contributed by atoms with Crippen LogP contribution in [-0.2, 0) is 14.3 Å². The largest absolute Gasteiger partial charge is 0.481 e. The van der Waals surface area contributed by atoms with Gasteiger partial charge < -0.3 is 14.7 Å². The standard InChI is InChI=1S/C17H27NO5/c1-15(2,3)23-14(22)18-10-16(4,5)7-6-12(18)17(13(20)21)8-11(19)9-17/h12H,6-10H2,1-5H3,(H,20,21). The zero-order chi connectivity index (χ0) is 17.6. The summed E-state index contributed by atoms with van der Waals surface area (Å²) in [6, 6.07) is -0.486. The number of amides is 1. The minimum atomic E-state index is -1.15. The molecule has 23 heavy (non-hydrogen) atoms. The van der Waals surface area contributed by atoms with Gasteiger partial charge in [0.25, 0.3) is 0 Å². The van der Waals surface area contributed by atoms with E-state index in [4.69, 9.17) is 4.74 Å². The predicted octanol–water partition coefficient (Wildman–Crippen LogP) is 2.85. The number of carboxylic acid groups (broad SMARTS) is 1. The Balaban J connectivity index is 2.30. The lowest BCUT2D eigenvalue weighted by molar-refractivity contribution is -0.170. The molecule has 0 aromatic heterocycles. The van der Waals surface area contributed by atoms with Crippen LogP contribution in [0, 0.1) is 10.8 Å². The van der Waals surface area contributed by atoms with Crippen molar-refractivity contribution in [3.05, 3.63) is 0 Å². The van der Waals surface area contributed by atoms with Crippen molar-refractivity contribution in [2.24, 2.45) is 10.8 Å². The summed E-state index contributed by atoms with van der Waals surface area (Å²) in [7, 11) is 0. The molecule has 1 heterocycles. The minimum absolute atomic E-state index is 0.00667. The Kier molecular flexibility index (Phi) is 4.24. The van der Waals surface area contributed by atoms with Crippen molar-refractivity contribution in [3.63, 3.8) is 0 Å². The van der Waals surface area contributed by atoms with Crippen molar-refractivity contribution in [3.8, 4) is 0 Å². The summed E-state index contributed by atoms with van der Waals surface area (Å²) in [4.78, 5) is 37.5. The van der Waals surface area contributed by atoms with Crippen molar-refractivity contribution in [1.29, 1.82) is 0 Å². The summed E-state index contributed by atoms with van der Waals surface area (Å²) in [6.45, 7) is 9.91. The number of likely N-dealkylation sites (tertiary alicyclic amines) is 1. The first-order chi connectivity index (χ1) is 10.4. The zero-order valence-corrected chi connectivity index (χ0v) is 14.6. The van der Waals surface area contributed by atoms with Gasteiger partial charge in [0.2, 0.25) is 0 Å². The van der Waals surface area contributed by atoms with Crippen LogP contribution in [0.1, 0.15) is 60.3 Å². The second-order valence-corrected chi connectivity index (χ2v) is 8.68. The normalized spacial score (nSPS) is 26.4. The van der Waals surface area contributed by atoms with Crippen molar-refractivity contribution in [2.75, 3.05) is 6.54 Å². The number of carbonyl (C=O) groups is 3. The molecule has 0 bridgehead atoms. The average molecular weight is 325 g/mol. The lowest BCUT2D eigenvalue weighted by Crippen LogP contribution is -2.63. The van der Waals surface area contributed by atoms with Crippen LogP contribution < -0.4 is 0 Å². The number of piperidine rings is 1. The average Bonchev–Trinajstić information content (AvgIpc) is 2.31. The van der Waals surface area contributed by atoms with Crippen molar-refractivity contribution >= 4 is 17.8 Å². The van der Waals surface area contributed by atoms with Gasteiger partial charge in [0.15, 0.2) is 0 Å². The van der Waals surface area contributed by atoms with Crippen LogP contribution in [0.4, 0.5) is 4.79 Å². The Labute approximate surface area is 137 Å². The summed E-state index contributed by atoms with van der Waals surface area (Å²) >= 11 is 0. The number of ether oxygens (including phenoxy) is 1. The van der Waals surface area contributed by atoms with Crippen LogP contribution >= 0.6 is 0 Å². The molecule has 2 aliphatic rings. The van der Waals surface area contributed by atoms with Gasteiger partial charge in [-0.1, -0.05) is 13.8 Å². The molecule has 1 aliphatic carbocycles. The number of Topliss-reactive ketones (excluding diaryl/α,β-unsaturated/α-hetero) is 1. The lowest BCUT2D eigenvalue weighted by Gasteiger charge is -2.52. The molecule has 1 amide bonds. The smallest absolute Gasteiger partial charge is 0.410 e. The third kappa shape index (κ3) is 3.51. The molecule has 1 unspecified atom stereocenters. The highest BCUT2D eigenvalue weighted by molar-refractivity contribution is 5.98. The molecule has 2 rings (SSSR count). The maximum absolute atomic E-state index is 12.6. The minimum Gasteiger partial charge on any atom is -0.481 e. The number of carbonyl (C=O) groups excluding carboxylic acids is 2. The van der Waals surface area contributed by atoms with Gasteiger partial charge in [0.05, 0.1) is 6.04 Å². The Morgan fingerprint density at radius 1 is 1.26 bits per heavy atom. The molecule has 1 aliphatic heterocycles. The summed E-state index contributed by atoms with van der Waals surface area (Å²) in [6.07, 6.45) is 0.918. The van der Waals surface area contributed by atoms with Crippen LogP contribution in [-0.4, -0.2) is 46.0 Å². The number of nitrogens with zero attached hydrogens (tertiary/aromatic N) is 1. The van der Waals surface area contributed by atoms with E-state index in [9.17, 15) is 19.5 Å². The van der Waals surface area contributed by atoms with E-state index in [-0.39, 0.29) is 24.0 Å². The molecular formula is C17H27NO5. The summed E-state index contributed by atoms with van der Waals surface area (Å²) in [5.74, 6) is -1.04. The molecule has 6 heteroatoms. The fourth-order valence-corrected chi connectivity index (χ4v) is 3.60. The SMILES string of the molecule is CC1(C)CCC(C2(C(=O)O)CC(=O)C2)N(C(=O)OC(C)(C)C)C1. The Bertz CT molecular complexity index is 524. The summed E-state index contributed by atoms with van der Waals surface area (Å²) < 4.78 is 5.48. The second-order valence-electron chi connectivity index (χ2n) is 8.68. The van der Waals surface area contributed by atoms with Gasteiger partial charge in [-0.3, -0.25) is 9.59 Å². The highest BCUT2D eigenvalue weighted by Crippen LogP contribution is 2.49. The van der Waals surface area contributed by atoms with Gasteiger partial charge in [-0.25, -0.2) is 4.79 Å². The monoisotopic (exact) mass is 325 g/mol. The number of ketones is 1. The molecule has 1 saturated heterocycles. The number of carboxylic acids is 1. The molecule has 1 atom stereocenters. The second kappa shape index (κ2) is 5.49. The van der Waals surface area contributed by atoms with Crippen LogP contribution in [0.15, 0.2) is 0 Å². The first-order valence-electron chi connectivity index (χ1n) is 8.11. The van der Waals surface area contributed by atoms with Crippen LogP contribution in [0.2, 0.25) is 0 Å². The van der Waals surface area contributed by atoms with Gasteiger partial charge in [-0.05, 0) is 39.0 Å². The fourth-order valence-electron chi connectivity index (χ4n) is 3.60. The summed E-state index contributed by atoms with van der Waals surface area (Å²) in [5.41, 5.74) is -1.89. The Morgan fingerprint density at radius 3 is 2.26 bits per heavy atom. The molecule has 130 valence electrons. The number of aliphatic carboxylic acids is 1. The van der Waals surface area contributed by atoms with E-state index in [1.54, 1.807) is 25.7 Å². The van der Waals surface area contributed by atoms with E-state index >= 15 is 0 Å². The Morgan fingerprint density at radius 2 is 1.83 bits per heavy atom. The zero-order valence-electron chi connectivity index (χ0n) is 14.6. The van der Waals surface area contributed by atoms with Gasteiger partial charge in [0, 0.05) is 19.4 Å². The molecule has 1 saturated carbocycles. The lowest BCUT2D eigenvalue weighted by atomic mass is 9.59. The van der Waals surface area contributed by atoms with Gasteiger partial charge in [-0.15, -0.1) is 0 Å².